The van der Waals surface area contributed by atoms with Gasteiger partial charge in [0.2, 0.25) is 15.9 Å². The third-order valence-electron chi connectivity index (χ3n) is 5.54. The Balaban J connectivity index is 1.49. The fourth-order valence-corrected chi connectivity index (χ4v) is 5.60. The second kappa shape index (κ2) is 8.63. The molecule has 1 fully saturated rings. The molecule has 0 aromatic heterocycles. The first kappa shape index (κ1) is 21.2. The molecule has 30 heavy (non-hydrogen) atoms. The third-order valence-corrected chi connectivity index (χ3v) is 7.70. The summed E-state index contributed by atoms with van der Waals surface area (Å²) in [7, 11) is -3.96. The van der Waals surface area contributed by atoms with Crippen molar-refractivity contribution in [3.8, 4) is 0 Å². The van der Waals surface area contributed by atoms with Gasteiger partial charge in [-0.15, -0.1) is 0 Å². The molecule has 2 heterocycles. The summed E-state index contributed by atoms with van der Waals surface area (Å²) in [5.41, 5.74) is 2.11. The first-order chi connectivity index (χ1) is 14.3. The third kappa shape index (κ3) is 4.51. The van der Waals surface area contributed by atoms with Crippen LogP contribution in [0.3, 0.4) is 0 Å². The molecule has 9 heteroatoms. The summed E-state index contributed by atoms with van der Waals surface area (Å²) in [6.07, 6.45) is 1.33. The first-order valence-electron chi connectivity index (χ1n) is 9.92. The maximum atomic E-state index is 14.7. The van der Waals surface area contributed by atoms with Gasteiger partial charge < -0.3 is 5.32 Å². The lowest BCUT2D eigenvalue weighted by Gasteiger charge is -2.23. The van der Waals surface area contributed by atoms with E-state index in [-0.39, 0.29) is 17.2 Å². The number of anilines is 1. The Morgan fingerprint density at radius 1 is 1.03 bits per heavy atom. The van der Waals surface area contributed by atoms with E-state index in [1.165, 1.54) is 10.4 Å². The van der Waals surface area contributed by atoms with Gasteiger partial charge in [-0.05, 0) is 54.8 Å². The maximum absolute atomic E-state index is 14.7. The van der Waals surface area contributed by atoms with Crippen molar-refractivity contribution in [2.24, 2.45) is 0 Å². The topological polar surface area (TPSA) is 69.7 Å². The van der Waals surface area contributed by atoms with Crippen LogP contribution in [0.2, 0.25) is 5.02 Å². The van der Waals surface area contributed by atoms with Gasteiger partial charge in [-0.2, -0.15) is 4.31 Å². The van der Waals surface area contributed by atoms with E-state index in [9.17, 15) is 17.6 Å². The number of aryl methyl sites for hydroxylation is 1. The molecule has 0 unspecified atom stereocenters. The summed E-state index contributed by atoms with van der Waals surface area (Å²) in [6, 6.07) is 10.1. The quantitative estimate of drug-likeness (QED) is 0.774. The summed E-state index contributed by atoms with van der Waals surface area (Å²) in [4.78, 5) is 13.4. The molecule has 0 aliphatic carbocycles. The molecular formula is C21H23ClFN3O3S. The molecule has 2 aromatic rings. The number of halogens is 2. The molecule has 2 aliphatic heterocycles. The molecular weight excluding hydrogens is 429 g/mol. The van der Waals surface area contributed by atoms with Crippen LogP contribution in [-0.2, 0) is 27.8 Å². The van der Waals surface area contributed by atoms with Crippen molar-refractivity contribution in [2.45, 2.75) is 30.7 Å². The molecule has 4 rings (SSSR count). The molecule has 1 saturated heterocycles. The largest absolute Gasteiger partial charge is 0.326 e. The molecule has 0 saturated carbocycles. The molecule has 0 radical (unpaired) electrons. The number of carbonyl (C=O) groups is 1. The van der Waals surface area contributed by atoms with Crippen molar-refractivity contribution < 1.29 is 17.6 Å². The highest BCUT2D eigenvalue weighted by Gasteiger charge is 2.31. The number of nitrogens with one attached hydrogen (secondary N) is 1. The van der Waals surface area contributed by atoms with E-state index in [1.54, 1.807) is 0 Å². The Morgan fingerprint density at radius 2 is 1.80 bits per heavy atom. The number of hydrogen-bond donors (Lipinski definition) is 1. The number of fused-ring (bicyclic) bond motifs is 1. The predicted octanol–water partition coefficient (Wildman–Crippen LogP) is 3.26. The Kier molecular flexibility index (Phi) is 6.11. The van der Waals surface area contributed by atoms with E-state index in [2.05, 4.69) is 10.2 Å². The molecule has 1 amide bonds. The van der Waals surface area contributed by atoms with E-state index in [0.29, 0.717) is 55.3 Å². The number of benzene rings is 2. The van der Waals surface area contributed by atoms with Gasteiger partial charge in [0, 0.05) is 43.3 Å². The number of carbonyl (C=O) groups excluding carboxylic acids is 1. The minimum atomic E-state index is -3.96. The Bertz CT molecular complexity index is 1060. The van der Waals surface area contributed by atoms with Crippen molar-refractivity contribution >= 4 is 33.2 Å². The molecule has 0 atom stereocenters. The minimum Gasteiger partial charge on any atom is -0.326 e. The van der Waals surface area contributed by atoms with Crippen molar-refractivity contribution in [3.63, 3.8) is 0 Å². The summed E-state index contributed by atoms with van der Waals surface area (Å²) >= 11 is 5.93. The molecule has 1 N–H and O–H groups in total. The Labute approximate surface area is 180 Å². The highest BCUT2D eigenvalue weighted by Crippen LogP contribution is 2.30. The van der Waals surface area contributed by atoms with Gasteiger partial charge in [0.25, 0.3) is 0 Å². The monoisotopic (exact) mass is 451 g/mol. The van der Waals surface area contributed by atoms with Gasteiger partial charge in [0.1, 0.15) is 10.7 Å². The zero-order valence-corrected chi connectivity index (χ0v) is 18.0. The lowest BCUT2D eigenvalue weighted by Crippen LogP contribution is -2.35. The lowest BCUT2D eigenvalue weighted by atomic mass is 10.0. The van der Waals surface area contributed by atoms with Crippen LogP contribution >= 0.6 is 11.6 Å². The van der Waals surface area contributed by atoms with Crippen LogP contribution < -0.4 is 5.32 Å². The number of sulfonamides is 1. The van der Waals surface area contributed by atoms with Crippen molar-refractivity contribution in [1.29, 1.82) is 0 Å². The van der Waals surface area contributed by atoms with E-state index in [0.717, 1.165) is 18.2 Å². The average Bonchev–Trinajstić information content (AvgIpc) is 2.95. The van der Waals surface area contributed by atoms with Crippen molar-refractivity contribution in [2.75, 3.05) is 31.5 Å². The van der Waals surface area contributed by atoms with Crippen LogP contribution in [0.4, 0.5) is 10.1 Å². The highest BCUT2D eigenvalue weighted by atomic mass is 35.5. The number of nitrogens with zero attached hydrogens (tertiary/aromatic N) is 2. The van der Waals surface area contributed by atoms with Crippen molar-refractivity contribution in [3.05, 3.63) is 58.4 Å². The molecule has 0 bridgehead atoms. The molecule has 2 aromatic carbocycles. The van der Waals surface area contributed by atoms with Gasteiger partial charge in [0.05, 0.1) is 0 Å². The van der Waals surface area contributed by atoms with E-state index < -0.39 is 15.8 Å². The zero-order valence-electron chi connectivity index (χ0n) is 16.4. The summed E-state index contributed by atoms with van der Waals surface area (Å²) in [6.45, 7) is 2.66. The van der Waals surface area contributed by atoms with E-state index >= 15 is 0 Å². The molecule has 2 aliphatic rings. The van der Waals surface area contributed by atoms with Crippen LogP contribution in [0, 0.1) is 5.82 Å². The molecule has 0 spiro atoms. The lowest BCUT2D eigenvalue weighted by molar-refractivity contribution is -0.116. The molecule has 160 valence electrons. The maximum Gasteiger partial charge on any atom is 0.246 e. The highest BCUT2D eigenvalue weighted by molar-refractivity contribution is 7.89. The minimum absolute atomic E-state index is 0.189. The van der Waals surface area contributed by atoms with Gasteiger partial charge in [-0.1, -0.05) is 23.7 Å². The Morgan fingerprint density at radius 3 is 2.57 bits per heavy atom. The van der Waals surface area contributed by atoms with Crippen molar-refractivity contribution in [1.82, 2.24) is 9.21 Å². The fourth-order valence-electron chi connectivity index (χ4n) is 3.91. The van der Waals surface area contributed by atoms with E-state index in [1.807, 2.05) is 24.3 Å². The van der Waals surface area contributed by atoms with Gasteiger partial charge >= 0.3 is 0 Å². The normalized spacial score (nSPS) is 18.5. The first-order valence-corrected chi connectivity index (χ1v) is 11.7. The SMILES string of the molecule is O=C1CCc2cc(S(=O)(=O)N3CCCN(Cc4ccc(Cl)cc4)CC3)c(F)cc2N1. The van der Waals surface area contributed by atoms with Crippen LogP contribution in [0.1, 0.15) is 24.0 Å². The predicted molar refractivity (Wildman–Crippen MR) is 113 cm³/mol. The number of rotatable bonds is 4. The number of hydrogen-bond acceptors (Lipinski definition) is 4. The summed E-state index contributed by atoms with van der Waals surface area (Å²) in [5.74, 6) is -1.02. The van der Waals surface area contributed by atoms with Gasteiger partial charge in [-0.25, -0.2) is 12.8 Å². The second-order valence-corrected chi connectivity index (χ2v) is 9.99. The van der Waals surface area contributed by atoms with Crippen LogP contribution in [0.25, 0.3) is 0 Å². The van der Waals surface area contributed by atoms with Gasteiger partial charge in [0.15, 0.2) is 0 Å². The number of amides is 1. The zero-order chi connectivity index (χ0) is 21.3. The summed E-state index contributed by atoms with van der Waals surface area (Å²) in [5, 5.41) is 3.28. The average molecular weight is 452 g/mol. The van der Waals surface area contributed by atoms with Crippen LogP contribution in [0.15, 0.2) is 41.3 Å². The summed E-state index contributed by atoms with van der Waals surface area (Å²) < 4.78 is 42.4. The molecule has 6 nitrogen and oxygen atoms in total. The van der Waals surface area contributed by atoms with E-state index in [4.69, 9.17) is 11.6 Å². The van der Waals surface area contributed by atoms with Gasteiger partial charge in [-0.3, -0.25) is 9.69 Å². The smallest absolute Gasteiger partial charge is 0.246 e. The Hall–Kier alpha value is -2.00. The second-order valence-electron chi connectivity index (χ2n) is 7.65. The fraction of sp³-hybridized carbons (Fsp3) is 0.381. The van der Waals surface area contributed by atoms with Crippen LogP contribution in [-0.4, -0.2) is 49.7 Å². The standard InChI is InChI=1S/C21H23ClFN3O3S/c22-17-5-2-15(3-6-17)14-25-8-1-9-26(11-10-25)30(28,29)20-12-16-4-7-21(27)24-19(16)13-18(20)23/h2-3,5-6,12-13H,1,4,7-11,14H2,(H,24,27). The van der Waals surface area contributed by atoms with Crippen LogP contribution in [0.5, 0.6) is 0 Å².